The molecule has 5 nitrogen and oxygen atoms in total. The normalized spacial score (nSPS) is 11.2. The molecule has 0 aliphatic rings. The van der Waals surface area contributed by atoms with Crippen LogP contribution >= 0.6 is 0 Å². The van der Waals surface area contributed by atoms with Gasteiger partial charge in [0.15, 0.2) is 0 Å². The molecule has 0 saturated carbocycles. The third kappa shape index (κ3) is 3.81. The first kappa shape index (κ1) is 18.7. The van der Waals surface area contributed by atoms with Crippen LogP contribution in [-0.4, -0.2) is 20.9 Å². The molecule has 0 radical (unpaired) electrons. The summed E-state index contributed by atoms with van der Waals surface area (Å²) in [5, 5.41) is 15.6. The number of hydrogen-bond acceptors (Lipinski definition) is 4. The fraction of sp³-hybridized carbons (Fsp3) is 0.0833. The summed E-state index contributed by atoms with van der Waals surface area (Å²) in [5.41, 5.74) is 0.778. The Morgan fingerprint density at radius 3 is 1.97 bits per heavy atom. The molecule has 0 fully saturated rings. The predicted molar refractivity (Wildman–Crippen MR) is 109 cm³/mol. The van der Waals surface area contributed by atoms with Gasteiger partial charge in [-0.1, -0.05) is 72.8 Å². The molecule has 1 heterocycles. The predicted octanol–water partition coefficient (Wildman–Crippen LogP) is 3.85. The molecule has 0 unspecified atom stereocenters. The van der Waals surface area contributed by atoms with Crippen molar-refractivity contribution >= 4 is 5.97 Å². The summed E-state index contributed by atoms with van der Waals surface area (Å²) in [6.45, 7) is 0.0558. The molecule has 0 aliphatic carbocycles. The molecule has 4 rings (SSSR count). The van der Waals surface area contributed by atoms with Gasteiger partial charge < -0.3 is 9.84 Å². The Kier molecular flexibility index (Phi) is 5.22. The second kappa shape index (κ2) is 8.12. The van der Waals surface area contributed by atoms with E-state index in [9.17, 15) is 9.90 Å². The first-order chi connectivity index (χ1) is 14.2. The standard InChI is InChI=1S/C24H20N2O3/c27-23(29-18-19-12-14-22(15-13-19)26-17-7-16-25-26)24(28,20-8-3-1-4-9-20)21-10-5-2-6-11-21/h1-17,28H,18H2. The van der Waals surface area contributed by atoms with Crippen molar-refractivity contribution in [1.29, 1.82) is 0 Å². The highest BCUT2D eigenvalue weighted by atomic mass is 16.5. The Hall–Kier alpha value is -3.70. The molecular formula is C24H20N2O3. The smallest absolute Gasteiger partial charge is 0.348 e. The summed E-state index contributed by atoms with van der Waals surface area (Å²) in [5.74, 6) is -0.717. The van der Waals surface area contributed by atoms with Gasteiger partial charge in [0.05, 0.1) is 5.69 Å². The van der Waals surface area contributed by atoms with Gasteiger partial charge in [0, 0.05) is 12.4 Å². The average Bonchev–Trinajstić information content (AvgIpc) is 3.33. The molecule has 29 heavy (non-hydrogen) atoms. The van der Waals surface area contributed by atoms with E-state index in [-0.39, 0.29) is 6.61 Å². The first-order valence-electron chi connectivity index (χ1n) is 9.27. The van der Waals surface area contributed by atoms with Gasteiger partial charge in [-0.3, -0.25) is 0 Å². The maximum absolute atomic E-state index is 13.0. The van der Waals surface area contributed by atoms with E-state index in [1.54, 1.807) is 59.4 Å². The van der Waals surface area contributed by atoms with Crippen molar-refractivity contribution in [2.75, 3.05) is 0 Å². The molecule has 0 saturated heterocycles. The minimum atomic E-state index is -1.88. The minimum absolute atomic E-state index is 0.0558. The molecular weight excluding hydrogens is 364 g/mol. The molecule has 5 heteroatoms. The van der Waals surface area contributed by atoms with Gasteiger partial charge in [0.2, 0.25) is 5.60 Å². The lowest BCUT2D eigenvalue weighted by molar-refractivity contribution is -0.163. The molecule has 0 bridgehead atoms. The molecule has 0 aliphatic heterocycles. The number of nitrogens with zero attached hydrogens (tertiary/aromatic N) is 2. The third-order valence-electron chi connectivity index (χ3n) is 4.75. The van der Waals surface area contributed by atoms with Crippen LogP contribution in [0.3, 0.4) is 0 Å². The second-order valence-electron chi connectivity index (χ2n) is 6.64. The van der Waals surface area contributed by atoms with Crippen molar-refractivity contribution in [2.24, 2.45) is 0 Å². The van der Waals surface area contributed by atoms with Crippen LogP contribution in [0.15, 0.2) is 103 Å². The van der Waals surface area contributed by atoms with Crippen molar-refractivity contribution in [3.8, 4) is 5.69 Å². The summed E-state index contributed by atoms with van der Waals surface area (Å²) in [4.78, 5) is 13.0. The number of esters is 1. The molecule has 0 spiro atoms. The lowest BCUT2D eigenvalue weighted by Gasteiger charge is -2.27. The van der Waals surface area contributed by atoms with Gasteiger partial charge >= 0.3 is 5.97 Å². The van der Waals surface area contributed by atoms with Crippen molar-refractivity contribution in [1.82, 2.24) is 9.78 Å². The number of carbonyl (C=O) groups is 1. The van der Waals surface area contributed by atoms with E-state index in [1.165, 1.54) is 0 Å². The molecule has 3 aromatic carbocycles. The zero-order chi connectivity index (χ0) is 20.1. The lowest BCUT2D eigenvalue weighted by atomic mass is 9.86. The third-order valence-corrected chi connectivity index (χ3v) is 4.75. The van der Waals surface area contributed by atoms with Gasteiger partial charge in [0.1, 0.15) is 6.61 Å². The van der Waals surface area contributed by atoms with Gasteiger partial charge in [-0.15, -0.1) is 0 Å². The van der Waals surface area contributed by atoms with Crippen molar-refractivity contribution in [3.05, 3.63) is 120 Å². The molecule has 144 valence electrons. The highest BCUT2D eigenvalue weighted by Gasteiger charge is 2.41. The summed E-state index contributed by atoms with van der Waals surface area (Å²) >= 11 is 0. The zero-order valence-corrected chi connectivity index (χ0v) is 15.7. The number of rotatable bonds is 6. The average molecular weight is 384 g/mol. The number of carbonyl (C=O) groups excluding carboxylic acids is 1. The van der Waals surface area contributed by atoms with Crippen LogP contribution in [0.25, 0.3) is 5.69 Å². The van der Waals surface area contributed by atoms with Gasteiger partial charge in [-0.05, 0) is 34.9 Å². The summed E-state index contributed by atoms with van der Waals surface area (Å²) < 4.78 is 7.27. The quantitative estimate of drug-likeness (QED) is 0.513. The summed E-state index contributed by atoms with van der Waals surface area (Å²) in [6, 6.07) is 27.0. The van der Waals surface area contributed by atoms with E-state index in [2.05, 4.69) is 5.10 Å². The van der Waals surface area contributed by atoms with E-state index in [0.717, 1.165) is 11.3 Å². The van der Waals surface area contributed by atoms with Crippen LogP contribution in [0.2, 0.25) is 0 Å². The maximum Gasteiger partial charge on any atom is 0.348 e. The van der Waals surface area contributed by atoms with Gasteiger partial charge in [-0.2, -0.15) is 5.10 Å². The number of hydrogen-bond donors (Lipinski definition) is 1. The second-order valence-corrected chi connectivity index (χ2v) is 6.64. The SMILES string of the molecule is O=C(OCc1ccc(-n2cccn2)cc1)C(O)(c1ccccc1)c1ccccc1. The Bertz CT molecular complexity index is 1020. The maximum atomic E-state index is 13.0. The molecule has 4 aromatic rings. The van der Waals surface area contributed by atoms with E-state index in [0.29, 0.717) is 11.1 Å². The van der Waals surface area contributed by atoms with E-state index < -0.39 is 11.6 Å². The molecule has 1 aromatic heterocycles. The Balaban J connectivity index is 1.55. The van der Waals surface area contributed by atoms with Crippen LogP contribution < -0.4 is 0 Å². The number of aliphatic hydroxyl groups is 1. The largest absolute Gasteiger partial charge is 0.458 e. The highest BCUT2D eigenvalue weighted by Crippen LogP contribution is 2.31. The summed E-state index contributed by atoms with van der Waals surface area (Å²) in [7, 11) is 0. The van der Waals surface area contributed by atoms with Crippen LogP contribution in [0.5, 0.6) is 0 Å². The topological polar surface area (TPSA) is 64.4 Å². The summed E-state index contributed by atoms with van der Waals surface area (Å²) in [6.07, 6.45) is 3.57. The fourth-order valence-corrected chi connectivity index (χ4v) is 3.18. The number of aromatic nitrogens is 2. The van der Waals surface area contributed by atoms with Crippen molar-refractivity contribution < 1.29 is 14.6 Å². The van der Waals surface area contributed by atoms with Gasteiger partial charge in [0.25, 0.3) is 0 Å². The van der Waals surface area contributed by atoms with Gasteiger partial charge in [-0.25, -0.2) is 9.48 Å². The minimum Gasteiger partial charge on any atom is -0.458 e. The molecule has 0 amide bonds. The first-order valence-corrected chi connectivity index (χ1v) is 9.27. The molecule has 0 atom stereocenters. The van der Waals surface area contributed by atoms with Crippen molar-refractivity contribution in [3.63, 3.8) is 0 Å². The Morgan fingerprint density at radius 2 is 1.45 bits per heavy atom. The number of benzene rings is 3. The van der Waals surface area contributed by atoms with Crippen molar-refractivity contribution in [2.45, 2.75) is 12.2 Å². The fourth-order valence-electron chi connectivity index (χ4n) is 3.18. The molecule has 1 N–H and O–H groups in total. The van der Waals surface area contributed by atoms with E-state index in [4.69, 9.17) is 4.74 Å². The van der Waals surface area contributed by atoms with Crippen LogP contribution in [0.1, 0.15) is 16.7 Å². The van der Waals surface area contributed by atoms with Crippen LogP contribution in [0.4, 0.5) is 0 Å². The Morgan fingerprint density at radius 1 is 0.862 bits per heavy atom. The van der Waals surface area contributed by atoms with Crippen LogP contribution in [-0.2, 0) is 21.7 Å². The van der Waals surface area contributed by atoms with E-state index in [1.807, 2.05) is 48.7 Å². The Labute approximate surface area is 168 Å². The number of ether oxygens (including phenoxy) is 1. The van der Waals surface area contributed by atoms with Crippen LogP contribution in [0, 0.1) is 0 Å². The lowest BCUT2D eigenvalue weighted by Crippen LogP contribution is -2.38. The zero-order valence-electron chi connectivity index (χ0n) is 15.7. The monoisotopic (exact) mass is 384 g/mol. The van der Waals surface area contributed by atoms with E-state index >= 15 is 0 Å². The highest BCUT2D eigenvalue weighted by molar-refractivity contribution is 5.85.